The van der Waals surface area contributed by atoms with Gasteiger partial charge in [-0.25, -0.2) is 17.5 Å². The van der Waals surface area contributed by atoms with Gasteiger partial charge in [0.2, 0.25) is 10.0 Å². The number of likely N-dealkylation sites (tertiary alicyclic amines) is 1. The third-order valence-electron chi connectivity index (χ3n) is 8.58. The lowest BCUT2D eigenvalue weighted by atomic mass is 9.88. The number of sulfonamides is 1. The van der Waals surface area contributed by atoms with Gasteiger partial charge in [-0.3, -0.25) is 0 Å². The zero-order valence-electron chi connectivity index (χ0n) is 23.6. The van der Waals surface area contributed by atoms with E-state index in [0.29, 0.717) is 17.4 Å². The molecule has 0 radical (unpaired) electrons. The molecule has 0 bridgehead atoms. The molecule has 2 aliphatic rings. The number of carbonyl (C=O) groups is 1. The maximum Gasteiger partial charge on any atom is 0.409 e. The van der Waals surface area contributed by atoms with Gasteiger partial charge in [-0.05, 0) is 68.2 Å². The Labute approximate surface area is 235 Å². The zero-order valence-corrected chi connectivity index (χ0v) is 24.4. The lowest BCUT2D eigenvalue weighted by molar-refractivity contribution is 0.0649. The van der Waals surface area contributed by atoms with Crippen molar-refractivity contribution < 1.29 is 17.9 Å². The van der Waals surface area contributed by atoms with Crippen molar-refractivity contribution in [1.29, 1.82) is 0 Å². The normalized spacial score (nSPS) is 18.6. The average Bonchev–Trinajstić information content (AvgIpc) is 2.99. The Morgan fingerprint density at radius 1 is 0.949 bits per heavy atom. The molecule has 4 rings (SSSR count). The Morgan fingerprint density at radius 3 is 2.18 bits per heavy atom. The van der Waals surface area contributed by atoms with Gasteiger partial charge in [0.15, 0.2) is 0 Å². The molecule has 2 aromatic carbocycles. The molecule has 0 spiro atoms. The molecular weight excluding hydrogens is 510 g/mol. The van der Waals surface area contributed by atoms with Crippen molar-refractivity contribution in [3.8, 4) is 0 Å². The molecule has 0 aromatic heterocycles. The average molecular weight is 556 g/mol. The van der Waals surface area contributed by atoms with E-state index < -0.39 is 10.0 Å². The van der Waals surface area contributed by atoms with Crippen LogP contribution < -0.4 is 0 Å². The summed E-state index contributed by atoms with van der Waals surface area (Å²) in [6, 6.07) is 19.1. The Hall–Kier alpha value is -2.42. The summed E-state index contributed by atoms with van der Waals surface area (Å²) in [5, 5.41) is 0. The van der Waals surface area contributed by atoms with Crippen LogP contribution in [0.4, 0.5) is 4.79 Å². The van der Waals surface area contributed by atoms with Gasteiger partial charge in [0.05, 0.1) is 12.0 Å². The fraction of sp³-hybridized carbons (Fsp3) is 0.581. The Kier molecular flexibility index (Phi) is 10.8. The first-order valence-electron chi connectivity index (χ1n) is 14.5. The van der Waals surface area contributed by atoms with Crippen LogP contribution in [-0.2, 0) is 14.8 Å². The maximum atomic E-state index is 13.2. The van der Waals surface area contributed by atoms with Crippen LogP contribution in [0.2, 0.25) is 0 Å². The summed E-state index contributed by atoms with van der Waals surface area (Å²) in [6.07, 6.45) is 8.83. The van der Waals surface area contributed by atoms with E-state index in [2.05, 4.69) is 17.0 Å². The number of hydrogen-bond acceptors (Lipinski definition) is 5. The first-order chi connectivity index (χ1) is 18.9. The minimum Gasteiger partial charge on any atom is -0.453 e. The van der Waals surface area contributed by atoms with Crippen LogP contribution >= 0.6 is 0 Å². The van der Waals surface area contributed by atoms with Gasteiger partial charge in [-0.15, -0.1) is 0 Å². The van der Waals surface area contributed by atoms with E-state index in [-0.39, 0.29) is 18.1 Å². The summed E-state index contributed by atoms with van der Waals surface area (Å²) >= 11 is 0. The Balaban J connectivity index is 1.35. The third-order valence-corrected chi connectivity index (χ3v) is 10.4. The van der Waals surface area contributed by atoms with E-state index in [1.165, 1.54) is 43.5 Å². The van der Waals surface area contributed by atoms with E-state index in [4.69, 9.17) is 4.74 Å². The van der Waals surface area contributed by atoms with Crippen LogP contribution in [-0.4, -0.2) is 81.5 Å². The molecule has 214 valence electrons. The quantitative estimate of drug-likeness (QED) is 0.361. The Bertz CT molecular complexity index is 1120. The Morgan fingerprint density at radius 2 is 1.56 bits per heavy atom. The molecule has 1 aliphatic carbocycles. The number of likely N-dealkylation sites (N-methyl/N-ethyl adjacent to an activating group) is 1. The fourth-order valence-corrected chi connectivity index (χ4v) is 7.44. The van der Waals surface area contributed by atoms with Gasteiger partial charge in [-0.1, -0.05) is 67.8 Å². The van der Waals surface area contributed by atoms with Crippen LogP contribution in [0, 0.1) is 5.92 Å². The van der Waals surface area contributed by atoms with Crippen LogP contribution in [0.15, 0.2) is 65.6 Å². The highest BCUT2D eigenvalue weighted by molar-refractivity contribution is 7.89. The second-order valence-corrected chi connectivity index (χ2v) is 13.2. The summed E-state index contributed by atoms with van der Waals surface area (Å²) < 4.78 is 33.1. The standard InChI is InChI=1S/C31H45N3O4S/c1-32(39(36,37)30-16-10-5-11-17-30)25-28(27-14-8-4-9-15-27)18-21-33-22-19-29(20-23-33)34(31(35)38-2)24-26-12-6-3-7-13-26/h4-5,8-11,14-17,26,28-29H,3,6-7,12-13,18-25H2,1-2H3/t28-/m0/s1. The molecule has 1 amide bonds. The summed E-state index contributed by atoms with van der Waals surface area (Å²) in [7, 11) is -0.387. The lowest BCUT2D eigenvalue weighted by Crippen LogP contribution is -2.49. The second kappa shape index (κ2) is 14.3. The monoisotopic (exact) mass is 555 g/mol. The van der Waals surface area contributed by atoms with Crippen molar-refractivity contribution in [2.24, 2.45) is 5.92 Å². The molecule has 1 atom stereocenters. The second-order valence-electron chi connectivity index (χ2n) is 11.2. The van der Waals surface area contributed by atoms with Crippen molar-refractivity contribution >= 4 is 16.1 Å². The van der Waals surface area contributed by atoms with E-state index in [1.807, 2.05) is 29.2 Å². The SMILES string of the molecule is COC(=O)N(CC1CCCCC1)C1CCN(CC[C@@H](CN(C)S(=O)(=O)c2ccccc2)c2ccccc2)CC1. The van der Waals surface area contributed by atoms with E-state index >= 15 is 0 Å². The number of methoxy groups -OCH3 is 1. The molecule has 1 saturated carbocycles. The highest BCUT2D eigenvalue weighted by Gasteiger charge is 2.31. The number of hydrogen-bond donors (Lipinski definition) is 0. The minimum atomic E-state index is -3.55. The van der Waals surface area contributed by atoms with Crippen molar-refractivity contribution in [2.45, 2.75) is 68.2 Å². The van der Waals surface area contributed by atoms with Crippen molar-refractivity contribution in [3.63, 3.8) is 0 Å². The van der Waals surface area contributed by atoms with Crippen LogP contribution in [0.1, 0.15) is 62.8 Å². The van der Waals surface area contributed by atoms with E-state index in [1.54, 1.807) is 31.3 Å². The van der Waals surface area contributed by atoms with Gasteiger partial charge in [0.25, 0.3) is 0 Å². The fourth-order valence-electron chi connectivity index (χ4n) is 6.20. The first-order valence-corrected chi connectivity index (χ1v) is 16.0. The van der Waals surface area contributed by atoms with E-state index in [9.17, 15) is 13.2 Å². The van der Waals surface area contributed by atoms with Gasteiger partial charge in [-0.2, -0.15) is 0 Å². The number of ether oxygens (including phenoxy) is 1. The molecule has 0 unspecified atom stereocenters. The molecular formula is C31H45N3O4S. The van der Waals surface area contributed by atoms with Gasteiger partial charge < -0.3 is 14.5 Å². The number of piperidine rings is 1. The predicted octanol–water partition coefficient (Wildman–Crippen LogP) is 5.59. The van der Waals surface area contributed by atoms with Gasteiger partial charge in [0, 0.05) is 39.3 Å². The summed E-state index contributed by atoms with van der Waals surface area (Å²) in [5.41, 5.74) is 1.16. The maximum absolute atomic E-state index is 13.2. The highest BCUT2D eigenvalue weighted by atomic mass is 32.2. The predicted molar refractivity (Wildman–Crippen MR) is 155 cm³/mol. The van der Waals surface area contributed by atoms with Crippen molar-refractivity contribution in [3.05, 3.63) is 66.2 Å². The third kappa shape index (κ3) is 8.05. The largest absolute Gasteiger partial charge is 0.453 e. The zero-order chi connectivity index (χ0) is 27.7. The smallest absolute Gasteiger partial charge is 0.409 e. The van der Waals surface area contributed by atoms with Gasteiger partial charge in [0.1, 0.15) is 0 Å². The van der Waals surface area contributed by atoms with Crippen molar-refractivity contribution in [2.75, 3.05) is 46.9 Å². The number of benzene rings is 2. The lowest BCUT2D eigenvalue weighted by Gasteiger charge is -2.40. The van der Waals surface area contributed by atoms with Crippen LogP contribution in [0.25, 0.3) is 0 Å². The number of rotatable bonds is 11. The van der Waals surface area contributed by atoms with Crippen LogP contribution in [0.3, 0.4) is 0 Å². The molecule has 7 nitrogen and oxygen atoms in total. The molecule has 8 heteroatoms. The summed E-state index contributed by atoms with van der Waals surface area (Å²) in [6.45, 7) is 4.00. The van der Waals surface area contributed by atoms with Crippen molar-refractivity contribution in [1.82, 2.24) is 14.1 Å². The molecule has 0 N–H and O–H groups in total. The molecule has 39 heavy (non-hydrogen) atoms. The number of amides is 1. The molecule has 1 saturated heterocycles. The topological polar surface area (TPSA) is 70.2 Å². The molecule has 2 fully saturated rings. The number of nitrogens with zero attached hydrogens (tertiary/aromatic N) is 3. The number of carbonyl (C=O) groups excluding carboxylic acids is 1. The first kappa shape index (κ1) is 29.6. The minimum absolute atomic E-state index is 0.0882. The van der Waals surface area contributed by atoms with Crippen LogP contribution in [0.5, 0.6) is 0 Å². The highest BCUT2D eigenvalue weighted by Crippen LogP contribution is 2.28. The molecule has 2 aromatic rings. The summed E-state index contributed by atoms with van der Waals surface area (Å²) in [5.74, 6) is 0.678. The molecule has 1 aliphatic heterocycles. The summed E-state index contributed by atoms with van der Waals surface area (Å²) in [4.78, 5) is 17.5. The van der Waals surface area contributed by atoms with E-state index in [0.717, 1.165) is 51.0 Å². The van der Waals surface area contributed by atoms with Gasteiger partial charge >= 0.3 is 6.09 Å². The molecule has 1 heterocycles.